The summed E-state index contributed by atoms with van der Waals surface area (Å²) in [4.78, 5) is 28.5. The van der Waals surface area contributed by atoms with Crippen LogP contribution in [0.5, 0.6) is 0 Å². The quantitative estimate of drug-likeness (QED) is 0.283. The molecule has 3 aromatic rings. The summed E-state index contributed by atoms with van der Waals surface area (Å²) < 4.78 is 29.6. The Bertz CT molecular complexity index is 1400. The van der Waals surface area contributed by atoms with Gasteiger partial charge in [-0.1, -0.05) is 76.4 Å². The lowest BCUT2D eigenvalue weighted by Gasteiger charge is -2.32. The highest BCUT2D eigenvalue weighted by molar-refractivity contribution is 9.10. The van der Waals surface area contributed by atoms with E-state index in [0.29, 0.717) is 0 Å². The Labute approximate surface area is 244 Å². The highest BCUT2D eigenvalue weighted by Gasteiger charge is 2.33. The fraction of sp³-hybridized carbons (Fsp3) is 0.310. The molecule has 2 amide bonds. The van der Waals surface area contributed by atoms with E-state index in [4.69, 9.17) is 11.6 Å². The van der Waals surface area contributed by atoms with Crippen LogP contribution < -0.4 is 9.62 Å². The summed E-state index contributed by atoms with van der Waals surface area (Å²) in [6.45, 7) is 6.91. The normalized spacial score (nSPS) is 12.9. The SMILES string of the molecule is CCC(C)NC(=O)C(C)N(Cc1ccc(Br)cc1)C(=O)CN(c1ccccc1Cl)S(=O)(=O)c1ccc(C)cc1. The lowest BCUT2D eigenvalue weighted by atomic mass is 10.1. The first-order chi connectivity index (χ1) is 18.4. The van der Waals surface area contributed by atoms with Gasteiger partial charge in [0.1, 0.15) is 12.6 Å². The molecule has 39 heavy (non-hydrogen) atoms. The van der Waals surface area contributed by atoms with E-state index in [2.05, 4.69) is 21.2 Å². The second-order valence-electron chi connectivity index (χ2n) is 9.42. The molecule has 0 heterocycles. The fourth-order valence-electron chi connectivity index (χ4n) is 3.84. The molecule has 0 bridgehead atoms. The third-order valence-electron chi connectivity index (χ3n) is 6.44. The van der Waals surface area contributed by atoms with Crippen molar-refractivity contribution < 1.29 is 18.0 Å². The molecule has 3 aromatic carbocycles. The molecule has 3 rings (SSSR count). The van der Waals surface area contributed by atoms with Crippen LogP contribution in [0.3, 0.4) is 0 Å². The highest BCUT2D eigenvalue weighted by Crippen LogP contribution is 2.31. The van der Waals surface area contributed by atoms with Crippen molar-refractivity contribution >= 4 is 55.1 Å². The molecule has 0 aromatic heterocycles. The Morgan fingerprint density at radius 1 is 0.974 bits per heavy atom. The number of rotatable bonds is 11. The minimum Gasteiger partial charge on any atom is -0.352 e. The van der Waals surface area contributed by atoms with Crippen LogP contribution in [0, 0.1) is 6.92 Å². The summed E-state index contributed by atoms with van der Waals surface area (Å²) in [6, 6.07) is 19.3. The molecule has 0 fully saturated rings. The minimum atomic E-state index is -4.17. The molecule has 1 N–H and O–H groups in total. The summed E-state index contributed by atoms with van der Waals surface area (Å²) >= 11 is 9.84. The van der Waals surface area contributed by atoms with E-state index in [-0.39, 0.29) is 34.1 Å². The van der Waals surface area contributed by atoms with Crippen molar-refractivity contribution in [3.63, 3.8) is 0 Å². The number of amides is 2. The minimum absolute atomic E-state index is 0.0304. The zero-order valence-electron chi connectivity index (χ0n) is 22.4. The maximum atomic E-state index is 13.9. The lowest BCUT2D eigenvalue weighted by molar-refractivity contribution is -0.139. The van der Waals surface area contributed by atoms with Crippen LogP contribution in [0.1, 0.15) is 38.3 Å². The standard InChI is InChI=1S/C29H33BrClN3O4S/c1-5-21(3)32-29(36)22(4)33(18-23-12-14-24(30)15-13-23)28(35)19-34(27-9-7-6-8-26(27)31)39(37,38)25-16-10-20(2)11-17-25/h6-17,21-22H,5,18-19H2,1-4H3,(H,32,36). The Morgan fingerprint density at radius 3 is 2.18 bits per heavy atom. The first kappa shape index (κ1) is 30.7. The number of hydrogen-bond acceptors (Lipinski definition) is 4. The van der Waals surface area contributed by atoms with E-state index in [0.717, 1.165) is 26.3 Å². The zero-order chi connectivity index (χ0) is 28.7. The Balaban J connectivity index is 2.03. The first-order valence-electron chi connectivity index (χ1n) is 12.6. The van der Waals surface area contributed by atoms with Gasteiger partial charge in [0.25, 0.3) is 10.0 Å². The van der Waals surface area contributed by atoms with E-state index >= 15 is 0 Å². The molecule has 0 saturated heterocycles. The average molecular weight is 635 g/mol. The number of sulfonamides is 1. The average Bonchev–Trinajstić information content (AvgIpc) is 2.91. The van der Waals surface area contributed by atoms with Crippen LogP contribution in [0.15, 0.2) is 82.2 Å². The topological polar surface area (TPSA) is 86.8 Å². The monoisotopic (exact) mass is 633 g/mol. The molecule has 2 unspecified atom stereocenters. The Kier molecular flexibility index (Phi) is 10.6. The van der Waals surface area contributed by atoms with Gasteiger partial charge in [-0.15, -0.1) is 0 Å². The van der Waals surface area contributed by atoms with E-state index in [9.17, 15) is 18.0 Å². The van der Waals surface area contributed by atoms with Crippen molar-refractivity contribution in [1.29, 1.82) is 0 Å². The Hall–Kier alpha value is -2.88. The lowest BCUT2D eigenvalue weighted by Crippen LogP contribution is -2.52. The van der Waals surface area contributed by atoms with Gasteiger partial charge in [0, 0.05) is 17.1 Å². The predicted molar refractivity (Wildman–Crippen MR) is 159 cm³/mol. The van der Waals surface area contributed by atoms with Crippen LogP contribution in [0.25, 0.3) is 0 Å². The van der Waals surface area contributed by atoms with E-state index in [1.165, 1.54) is 17.0 Å². The molecule has 10 heteroatoms. The van der Waals surface area contributed by atoms with Crippen LogP contribution in [0.2, 0.25) is 5.02 Å². The maximum Gasteiger partial charge on any atom is 0.264 e. The molecule has 0 radical (unpaired) electrons. The van der Waals surface area contributed by atoms with Crippen LogP contribution >= 0.6 is 27.5 Å². The summed E-state index contributed by atoms with van der Waals surface area (Å²) in [5.74, 6) is -0.860. The molecule has 0 aliphatic rings. The largest absolute Gasteiger partial charge is 0.352 e. The van der Waals surface area contributed by atoms with Gasteiger partial charge >= 0.3 is 0 Å². The third-order valence-corrected chi connectivity index (χ3v) is 9.07. The van der Waals surface area contributed by atoms with Gasteiger partial charge in [-0.25, -0.2) is 8.42 Å². The molecular weight excluding hydrogens is 602 g/mol. The third kappa shape index (κ3) is 7.84. The van der Waals surface area contributed by atoms with Gasteiger partial charge in [0.05, 0.1) is 15.6 Å². The molecule has 2 atom stereocenters. The van der Waals surface area contributed by atoms with Crippen molar-refractivity contribution in [1.82, 2.24) is 10.2 Å². The second kappa shape index (κ2) is 13.5. The van der Waals surface area contributed by atoms with Crippen LogP contribution in [-0.4, -0.2) is 43.8 Å². The number of aryl methyl sites for hydroxylation is 1. The number of para-hydroxylation sites is 1. The summed E-state index contributed by atoms with van der Waals surface area (Å²) in [5, 5.41) is 3.11. The fourth-order valence-corrected chi connectivity index (χ4v) is 5.82. The van der Waals surface area contributed by atoms with Crippen molar-refractivity contribution in [2.75, 3.05) is 10.8 Å². The number of carbonyl (C=O) groups excluding carboxylic acids is 2. The summed E-state index contributed by atoms with van der Waals surface area (Å²) in [6.07, 6.45) is 0.730. The van der Waals surface area contributed by atoms with Gasteiger partial charge in [0.2, 0.25) is 11.8 Å². The van der Waals surface area contributed by atoms with Crippen LogP contribution in [-0.2, 0) is 26.2 Å². The molecule has 0 aliphatic heterocycles. The number of carbonyl (C=O) groups is 2. The molecular formula is C29H33BrClN3O4S. The molecule has 0 aliphatic carbocycles. The zero-order valence-corrected chi connectivity index (χ0v) is 25.6. The molecule has 0 spiro atoms. The molecule has 208 valence electrons. The number of hydrogen-bond donors (Lipinski definition) is 1. The van der Waals surface area contributed by atoms with Gasteiger partial charge in [-0.3, -0.25) is 13.9 Å². The number of nitrogens with zero attached hydrogens (tertiary/aromatic N) is 2. The maximum absolute atomic E-state index is 13.9. The predicted octanol–water partition coefficient (Wildman–Crippen LogP) is 5.94. The summed E-state index contributed by atoms with van der Waals surface area (Å²) in [7, 11) is -4.17. The smallest absolute Gasteiger partial charge is 0.264 e. The molecule has 0 saturated carbocycles. The van der Waals surface area contributed by atoms with Gasteiger partial charge < -0.3 is 10.2 Å². The van der Waals surface area contributed by atoms with Crippen LogP contribution in [0.4, 0.5) is 5.69 Å². The van der Waals surface area contributed by atoms with E-state index in [1.807, 2.05) is 45.0 Å². The summed E-state index contributed by atoms with van der Waals surface area (Å²) in [5.41, 5.74) is 1.87. The van der Waals surface area contributed by atoms with Crippen molar-refractivity contribution in [2.24, 2.45) is 0 Å². The second-order valence-corrected chi connectivity index (χ2v) is 12.6. The number of anilines is 1. The van der Waals surface area contributed by atoms with Gasteiger partial charge in [-0.05, 0) is 69.2 Å². The van der Waals surface area contributed by atoms with Crippen molar-refractivity contribution in [3.05, 3.63) is 93.4 Å². The first-order valence-corrected chi connectivity index (χ1v) is 15.2. The van der Waals surface area contributed by atoms with E-state index < -0.39 is 28.5 Å². The highest BCUT2D eigenvalue weighted by atomic mass is 79.9. The van der Waals surface area contributed by atoms with Gasteiger partial charge in [0.15, 0.2) is 0 Å². The van der Waals surface area contributed by atoms with Crippen molar-refractivity contribution in [3.8, 4) is 0 Å². The number of nitrogens with one attached hydrogen (secondary N) is 1. The van der Waals surface area contributed by atoms with Crippen molar-refractivity contribution in [2.45, 2.75) is 57.6 Å². The number of benzene rings is 3. The number of halogens is 2. The Morgan fingerprint density at radius 2 is 1.59 bits per heavy atom. The molecule has 7 nitrogen and oxygen atoms in total. The van der Waals surface area contributed by atoms with E-state index in [1.54, 1.807) is 43.3 Å². The van der Waals surface area contributed by atoms with Gasteiger partial charge in [-0.2, -0.15) is 0 Å².